The molecule has 0 fully saturated rings. The molecule has 5 heteroatoms. The van der Waals surface area contributed by atoms with Crippen molar-refractivity contribution >= 4 is 7.32 Å². The van der Waals surface area contributed by atoms with Gasteiger partial charge in [-0.25, -0.2) is 0 Å². The fourth-order valence-electron chi connectivity index (χ4n) is 3.97. The van der Waals surface area contributed by atoms with Crippen LogP contribution in [-0.2, 0) is 10.1 Å². The van der Waals surface area contributed by atoms with E-state index in [9.17, 15) is 0 Å². The van der Waals surface area contributed by atoms with Gasteiger partial charge in [0.2, 0.25) is 0 Å². The maximum absolute atomic E-state index is 9.06. The molecule has 0 unspecified atom stereocenters. The second-order valence-corrected chi connectivity index (χ2v) is 7.80. The molecular weight excluding hydrogens is 382 g/mol. The Labute approximate surface area is 204 Å². The van der Waals surface area contributed by atoms with E-state index in [2.05, 4.69) is 93.6 Å². The Bertz CT molecular complexity index is 802. The van der Waals surface area contributed by atoms with Crippen LogP contribution >= 0.6 is 0 Å². The summed E-state index contributed by atoms with van der Waals surface area (Å²) in [6, 6.07) is 26.2. The monoisotopic (exact) mass is 412 g/mol. The summed E-state index contributed by atoms with van der Waals surface area (Å²) in [6.07, 6.45) is 1.47. The molecule has 3 aromatic carbocycles. The molecule has 0 amide bonds. The van der Waals surface area contributed by atoms with Crippen LogP contribution in [0.4, 0.5) is 0 Å². The van der Waals surface area contributed by atoms with E-state index in [4.69, 9.17) is 14.7 Å². The first kappa shape index (κ1) is 24.9. The summed E-state index contributed by atoms with van der Waals surface area (Å²) < 4.78 is 5.01. The third-order valence-electron chi connectivity index (χ3n) is 5.60. The Kier molecular flexibility index (Phi) is 9.36. The van der Waals surface area contributed by atoms with E-state index in [1.54, 1.807) is 0 Å². The van der Waals surface area contributed by atoms with Gasteiger partial charge in [0.25, 0.3) is 0 Å². The van der Waals surface area contributed by atoms with Gasteiger partial charge in [-0.05, 0) is 50.3 Å². The maximum Gasteiger partial charge on any atom is 1.00 e. The second-order valence-electron chi connectivity index (χ2n) is 7.80. The normalized spacial score (nSPS) is 11.1. The quantitative estimate of drug-likeness (QED) is 0.337. The Morgan fingerprint density at radius 2 is 1.03 bits per heavy atom. The minimum absolute atomic E-state index is 0. The van der Waals surface area contributed by atoms with Gasteiger partial charge in [0.1, 0.15) is 0 Å². The molecule has 0 bridgehead atoms. The van der Waals surface area contributed by atoms with Gasteiger partial charge in [-0.3, -0.25) is 0 Å². The van der Waals surface area contributed by atoms with Gasteiger partial charge in [0.05, 0.1) is 0 Å². The van der Waals surface area contributed by atoms with Gasteiger partial charge >= 0.3 is 36.9 Å². The number of aryl methyl sites for hydroxylation is 3. The molecule has 0 saturated carbocycles. The van der Waals surface area contributed by atoms with Crippen LogP contribution < -0.4 is 29.6 Å². The molecule has 3 nitrogen and oxygen atoms in total. The van der Waals surface area contributed by atoms with Crippen molar-refractivity contribution in [1.82, 2.24) is 0 Å². The van der Waals surface area contributed by atoms with Crippen molar-refractivity contribution in [3.8, 4) is 0 Å². The fourth-order valence-corrected chi connectivity index (χ4v) is 3.97. The molecule has 2 N–H and O–H groups in total. The summed E-state index contributed by atoms with van der Waals surface area (Å²) in [6.45, 7) is 6.57. The van der Waals surface area contributed by atoms with Gasteiger partial charge < -0.3 is 16.1 Å². The molecule has 0 aromatic heterocycles. The molecule has 0 aliphatic rings. The molecule has 0 radical (unpaired) electrons. The third-order valence-corrected chi connectivity index (χ3v) is 5.60. The first-order valence-electron chi connectivity index (χ1n) is 10.1. The summed E-state index contributed by atoms with van der Waals surface area (Å²) in [5.41, 5.74) is 6.99. The molecule has 0 saturated heterocycles. The molecule has 0 aliphatic heterocycles. The largest absolute Gasteiger partial charge is 1.00 e. The Balaban J connectivity index is 0.00000240. The van der Waals surface area contributed by atoms with Crippen molar-refractivity contribution in [1.29, 1.82) is 0 Å². The average Bonchev–Trinajstić information content (AvgIpc) is 2.71. The van der Waals surface area contributed by atoms with E-state index in [1.807, 2.05) is 0 Å². The number of benzene rings is 3. The van der Waals surface area contributed by atoms with E-state index < -0.39 is 7.32 Å². The van der Waals surface area contributed by atoms with Crippen LogP contribution in [0.15, 0.2) is 72.8 Å². The third kappa shape index (κ3) is 5.85. The van der Waals surface area contributed by atoms with Crippen LogP contribution in [0.1, 0.15) is 47.6 Å². The van der Waals surface area contributed by atoms with Crippen LogP contribution in [0.3, 0.4) is 0 Å². The molecule has 152 valence electrons. The molecule has 0 heterocycles. The summed E-state index contributed by atoms with van der Waals surface area (Å²) >= 11 is 0. The van der Waals surface area contributed by atoms with Crippen molar-refractivity contribution in [3.63, 3.8) is 0 Å². The van der Waals surface area contributed by atoms with Crippen LogP contribution in [0.25, 0.3) is 0 Å². The van der Waals surface area contributed by atoms with Gasteiger partial charge in [0.15, 0.2) is 0 Å². The summed E-state index contributed by atoms with van der Waals surface area (Å²) in [7, 11) is -1.73. The van der Waals surface area contributed by atoms with Crippen LogP contribution in [0, 0.1) is 20.8 Å². The van der Waals surface area contributed by atoms with Gasteiger partial charge in [-0.15, -0.1) is 0 Å². The standard InChI is InChI=1S/C25H29BO3.Na.H/c1-19-5-11-22(12-6-19)25(17-4-18-29-26(27)28,23-13-7-20(2)8-14-23)24-15-9-21(3)10-16-24;;/h5-16,27-28H,4,17-18H2,1-3H3;;/q;+1;-1. The number of hydrogen-bond acceptors (Lipinski definition) is 3. The van der Waals surface area contributed by atoms with E-state index >= 15 is 0 Å². The van der Waals surface area contributed by atoms with Crippen molar-refractivity contribution < 1.29 is 45.7 Å². The van der Waals surface area contributed by atoms with Gasteiger partial charge in [-0.1, -0.05) is 89.5 Å². The SMILES string of the molecule is Cc1ccc(C(CCCOB(O)O)(c2ccc(C)cc2)c2ccc(C)cc2)cc1.[H-].[Na+]. The first-order chi connectivity index (χ1) is 13.9. The second kappa shape index (κ2) is 11.3. The summed E-state index contributed by atoms with van der Waals surface area (Å²) in [5, 5.41) is 18.1. The topological polar surface area (TPSA) is 49.7 Å². The Morgan fingerprint density at radius 3 is 1.33 bits per heavy atom. The van der Waals surface area contributed by atoms with Gasteiger partial charge in [0, 0.05) is 12.0 Å². The van der Waals surface area contributed by atoms with Crippen LogP contribution in [0.2, 0.25) is 0 Å². The zero-order valence-electron chi connectivity index (χ0n) is 19.4. The molecule has 0 aliphatic carbocycles. The number of hydrogen-bond donors (Lipinski definition) is 2. The first-order valence-corrected chi connectivity index (χ1v) is 10.1. The minimum Gasteiger partial charge on any atom is -1.00 e. The molecule has 3 rings (SSSR count). The molecule has 0 spiro atoms. The van der Waals surface area contributed by atoms with Crippen molar-refractivity contribution in [2.75, 3.05) is 6.61 Å². The molecular formula is C25H30BNaO3. The molecule has 3 aromatic rings. The fraction of sp³-hybridized carbons (Fsp3) is 0.280. The van der Waals surface area contributed by atoms with E-state index in [0.29, 0.717) is 6.42 Å². The van der Waals surface area contributed by atoms with E-state index in [-0.39, 0.29) is 43.0 Å². The zero-order chi connectivity index (χ0) is 20.9. The van der Waals surface area contributed by atoms with Crippen LogP contribution in [0.5, 0.6) is 0 Å². The van der Waals surface area contributed by atoms with Crippen molar-refractivity contribution in [2.45, 2.75) is 39.0 Å². The van der Waals surface area contributed by atoms with E-state index in [0.717, 1.165) is 6.42 Å². The van der Waals surface area contributed by atoms with Gasteiger partial charge in [-0.2, -0.15) is 0 Å². The van der Waals surface area contributed by atoms with Crippen LogP contribution in [-0.4, -0.2) is 24.0 Å². The van der Waals surface area contributed by atoms with Crippen molar-refractivity contribution in [3.05, 3.63) is 106 Å². The predicted octanol–water partition coefficient (Wildman–Crippen LogP) is 1.83. The zero-order valence-corrected chi connectivity index (χ0v) is 20.4. The van der Waals surface area contributed by atoms with E-state index in [1.165, 1.54) is 33.4 Å². The molecule has 30 heavy (non-hydrogen) atoms. The smallest absolute Gasteiger partial charge is 1.00 e. The molecule has 0 atom stereocenters. The maximum atomic E-state index is 9.06. The average molecular weight is 412 g/mol. The Morgan fingerprint density at radius 1 is 0.700 bits per heavy atom. The summed E-state index contributed by atoms with van der Waals surface area (Å²) in [4.78, 5) is 0. The predicted molar refractivity (Wildman–Crippen MR) is 120 cm³/mol. The minimum atomic E-state index is -1.73. The summed E-state index contributed by atoms with van der Waals surface area (Å²) in [5.74, 6) is 0. The van der Waals surface area contributed by atoms with Crippen molar-refractivity contribution in [2.24, 2.45) is 0 Å². The Hall–Kier alpha value is -1.40. The number of rotatable bonds is 8.